The van der Waals surface area contributed by atoms with Crippen molar-refractivity contribution in [3.8, 4) is 0 Å². The Kier molecular flexibility index (Phi) is 28.0. The summed E-state index contributed by atoms with van der Waals surface area (Å²) in [6.07, 6.45) is 2.17. The Morgan fingerprint density at radius 1 is 0.513 bits per heavy atom. The molecule has 0 amide bonds. The van der Waals surface area contributed by atoms with Crippen LogP contribution in [-0.2, 0) is 69.1 Å². The lowest BCUT2D eigenvalue weighted by Gasteiger charge is -2.36. The van der Waals surface area contributed by atoms with Crippen molar-refractivity contribution in [3.63, 3.8) is 0 Å². The number of rotatable bonds is 29. The number of aliphatic carboxylic acids is 3. The van der Waals surface area contributed by atoms with Crippen molar-refractivity contribution in [2.45, 2.75) is 107 Å². The van der Waals surface area contributed by atoms with Crippen molar-refractivity contribution in [2.24, 2.45) is 15.0 Å². The lowest BCUT2D eigenvalue weighted by atomic mass is 9.82. The molecule has 113 heavy (non-hydrogen) atoms. The van der Waals surface area contributed by atoms with Gasteiger partial charge in [-0.1, -0.05) is 36.4 Å². The summed E-state index contributed by atoms with van der Waals surface area (Å²) >= 11 is 4.96. The summed E-state index contributed by atoms with van der Waals surface area (Å²) in [5.41, 5.74) is -1.42. The Hall–Kier alpha value is -9.48. The Morgan fingerprint density at radius 3 is 1.22 bits per heavy atom. The number of halogens is 9. The molecule has 0 aliphatic carbocycles. The van der Waals surface area contributed by atoms with Crippen LogP contribution in [0.5, 0.6) is 0 Å². The maximum atomic E-state index is 14.6. The van der Waals surface area contributed by atoms with Gasteiger partial charge in [0.25, 0.3) is 17.8 Å². The molecule has 9 heterocycles. The number of nitrogens with zero attached hydrogens (tertiary/aromatic N) is 9. The number of ether oxygens (including phenoxy) is 5. The number of thiazole rings is 3. The molecule has 12 rings (SSSR count). The first-order valence-electron chi connectivity index (χ1n) is 35.1. The second-order valence-electron chi connectivity index (χ2n) is 26.9. The fourth-order valence-electron chi connectivity index (χ4n) is 13.7. The predicted octanol–water partition coefficient (Wildman–Crippen LogP) is 9.85. The number of aromatic nitrogens is 3. The van der Waals surface area contributed by atoms with E-state index in [2.05, 4.69) is 30.9 Å². The number of carbonyl (C=O) groups is 6. The van der Waals surface area contributed by atoms with Crippen LogP contribution in [0, 0.1) is 17.5 Å². The Morgan fingerprint density at radius 2 is 0.876 bits per heavy atom. The molecule has 6 atom stereocenters. The van der Waals surface area contributed by atoms with E-state index < -0.39 is 152 Å². The number of benzene rings is 3. The molecule has 6 aliphatic rings. The van der Waals surface area contributed by atoms with Gasteiger partial charge in [-0.15, -0.1) is 45.8 Å². The zero-order valence-electron chi connectivity index (χ0n) is 61.5. The number of thioether (sulfide) groups is 1. The van der Waals surface area contributed by atoms with Crippen LogP contribution in [0.15, 0.2) is 156 Å². The van der Waals surface area contributed by atoms with Gasteiger partial charge in [0.2, 0.25) is 0 Å². The van der Waals surface area contributed by atoms with Crippen molar-refractivity contribution >= 4 is 99.1 Å². The molecule has 0 saturated carbocycles. The van der Waals surface area contributed by atoms with E-state index >= 15 is 0 Å². The molecule has 26 nitrogen and oxygen atoms in total. The van der Waals surface area contributed by atoms with Gasteiger partial charge in [0, 0.05) is 109 Å². The highest BCUT2D eigenvalue weighted by Crippen LogP contribution is 2.45. The van der Waals surface area contributed by atoms with E-state index in [0.717, 1.165) is 11.8 Å². The van der Waals surface area contributed by atoms with E-state index in [0.29, 0.717) is 54.9 Å². The monoisotopic (exact) mass is 1660 g/mol. The lowest BCUT2D eigenvalue weighted by molar-refractivity contribution is -0.153. The van der Waals surface area contributed by atoms with Crippen molar-refractivity contribution in [1.29, 1.82) is 0 Å². The van der Waals surface area contributed by atoms with Gasteiger partial charge in [0.05, 0.1) is 68.5 Å². The van der Waals surface area contributed by atoms with Crippen LogP contribution >= 0.6 is 45.8 Å². The first kappa shape index (κ1) is 85.9. The van der Waals surface area contributed by atoms with Gasteiger partial charge in [0.15, 0.2) is 32.5 Å². The van der Waals surface area contributed by atoms with Crippen molar-refractivity contribution < 1.29 is 107 Å². The van der Waals surface area contributed by atoms with Gasteiger partial charge >= 0.3 is 35.8 Å². The molecule has 3 unspecified atom stereocenters. The number of amidine groups is 3. The summed E-state index contributed by atoms with van der Waals surface area (Å²) in [6.45, 7) is 5.98. The number of carboxylic acid groups (broad SMARTS) is 3. The van der Waals surface area contributed by atoms with Gasteiger partial charge in [0.1, 0.15) is 53.4 Å². The molecular weight excluding hydrogens is 1580 g/mol. The topological polar surface area (TPSA) is 331 Å². The second-order valence-corrected chi connectivity index (χ2v) is 30.6. The van der Waals surface area contributed by atoms with Gasteiger partial charge in [-0.25, -0.2) is 93.4 Å². The van der Waals surface area contributed by atoms with Gasteiger partial charge in [-0.3, -0.25) is 19.5 Å². The summed E-state index contributed by atoms with van der Waals surface area (Å²) < 4.78 is 155. The summed E-state index contributed by atoms with van der Waals surface area (Å²) in [4.78, 5) is 104. The number of esters is 3. The Labute approximate surface area is 658 Å². The fourth-order valence-corrected chi connectivity index (χ4v) is 16.4. The molecule has 6 N–H and O–H groups in total. The van der Waals surface area contributed by atoms with E-state index in [4.69, 9.17) is 54.0 Å². The van der Waals surface area contributed by atoms with Crippen LogP contribution in [0.3, 0.4) is 0 Å². The number of aliphatic imine (C=N–C) groups is 3. The molecule has 3 saturated heterocycles. The van der Waals surface area contributed by atoms with Crippen LogP contribution in [-0.4, -0.2) is 231 Å². The summed E-state index contributed by atoms with van der Waals surface area (Å²) in [6, 6.07) is 15.2. The smallest absolute Gasteiger partial charge is 0.338 e. The van der Waals surface area contributed by atoms with Crippen molar-refractivity contribution in [3.05, 3.63) is 191 Å². The molecule has 6 aromatic rings. The van der Waals surface area contributed by atoms with Gasteiger partial charge < -0.3 is 55.0 Å². The van der Waals surface area contributed by atoms with Crippen LogP contribution in [0.2, 0.25) is 0 Å². The highest BCUT2D eigenvalue weighted by atomic mass is 32.2. The number of carbonyl (C=O) groups excluding carboxylic acids is 3. The number of hydrogen-bond donors (Lipinski definition) is 6. The molecule has 3 aromatic heterocycles. The summed E-state index contributed by atoms with van der Waals surface area (Å²) in [7, 11) is 0. The molecule has 6 aliphatic heterocycles. The quantitative estimate of drug-likeness (QED) is 0.0144. The van der Waals surface area contributed by atoms with Crippen LogP contribution < -0.4 is 16.0 Å². The van der Waals surface area contributed by atoms with Gasteiger partial charge in [-0.05, 0) is 94.6 Å². The van der Waals surface area contributed by atoms with Crippen LogP contribution in [0.1, 0.15) is 86.1 Å². The second kappa shape index (κ2) is 36.8. The Balaban J connectivity index is 0.000000180. The normalized spacial score (nSPS) is 23.3. The zero-order chi connectivity index (χ0) is 81.8. The predicted molar refractivity (Wildman–Crippen MR) is 400 cm³/mol. The van der Waals surface area contributed by atoms with E-state index in [1.165, 1.54) is 117 Å². The highest BCUT2D eigenvalue weighted by Gasteiger charge is 2.53. The van der Waals surface area contributed by atoms with Crippen molar-refractivity contribution in [2.75, 3.05) is 97.0 Å². The third kappa shape index (κ3) is 21.1. The van der Waals surface area contributed by atoms with E-state index in [1.807, 2.05) is 0 Å². The lowest BCUT2D eigenvalue weighted by Crippen LogP contribution is -2.46. The molecule has 606 valence electrons. The highest BCUT2D eigenvalue weighted by molar-refractivity contribution is 7.99. The van der Waals surface area contributed by atoms with Crippen molar-refractivity contribution in [1.82, 2.24) is 45.6 Å². The van der Waals surface area contributed by atoms with Crippen LogP contribution in [0.25, 0.3) is 0 Å². The molecular formula is C74H79F9N12O14S4. The minimum atomic E-state index is -3.30. The largest absolute Gasteiger partial charge is 0.481 e. The number of likely N-dealkylation sites (tertiary alicyclic amines) is 3. The Bertz CT molecular complexity index is 4410. The maximum absolute atomic E-state index is 14.6. The first-order valence-corrected chi connectivity index (χ1v) is 38.9. The van der Waals surface area contributed by atoms with E-state index in [-0.39, 0.29) is 92.2 Å². The first-order chi connectivity index (χ1) is 53.6. The van der Waals surface area contributed by atoms with Crippen LogP contribution in [0.4, 0.5) is 39.5 Å². The van der Waals surface area contributed by atoms with E-state index in [9.17, 15) is 68.3 Å². The molecule has 0 spiro atoms. The number of carboxylic acids is 3. The zero-order valence-corrected chi connectivity index (χ0v) is 64.8. The molecule has 39 heteroatoms. The minimum absolute atomic E-state index is 0.0606. The third-order valence-electron chi connectivity index (χ3n) is 18.6. The SMILES string of the molecule is CCOC(=O)C1=C(CN2CC(F)(F)CC2COCC(=O)O)NC(c2nccs2)=N[C@@]1(C)c1ccc(F)cc1.CCOC(=O)C1=C(CN2CC(F)(F)CC2CSCC(=O)O)NC(c2nccs2)=N[C@@]1(C)c1ccc(F)cc1.CCOC(=O)C1=C(CN2CC(OCC(=O)O)C(F)(F)C2)NC(c2nccs2)=N[C@]1(C)c1ccc(F)cc1. The number of alkyl halides is 6. The average molecular weight is 1660 g/mol. The standard InChI is InChI=1S/C25H27F3N4O5S.C25H27F3N4O4S2.C24H25F3N4O5S/c1-3-37-23(35)20-18(11-32-14-25(27,28)10-17(32)12-36-13-19(33)34)30-21(22-29-8-9-38-22)31-24(20,2)15-4-6-16(26)7-5-15;1-3-36-23(35)20-18(11-32-14-25(27,28)10-17(32)12-37-13-19(33)34)30-21(22-29-8-9-38-22)31-24(20,2)15-4-6-16(26)7-5-15;1-3-35-22(34)19-16(10-31-11-17(24(26,27)13-31)36-12-18(32)33)29-20(21-28-8-9-37-21)30-23(19,2)14-4-6-15(25)7-5-14/h2*4-9,17H,3,10-14H2,1-2H3,(H,30,31)(H,33,34);4-9,17H,3,10-13H2,1-2H3,(H,29,30)(H,32,33)/t2*17?,24-;17?,23-/m001/s1. The number of hydrogen-bond acceptors (Lipinski definition) is 27. The number of nitrogens with one attached hydrogen (secondary N) is 3. The molecule has 0 bridgehead atoms. The minimum Gasteiger partial charge on any atom is -0.481 e. The summed E-state index contributed by atoms with van der Waals surface area (Å²) in [5, 5.41) is 42.8. The molecule has 0 radical (unpaired) electrons. The average Bonchev–Trinajstić information content (AvgIpc) is 1.50. The molecule has 3 fully saturated rings. The fraction of sp³-hybridized carbons (Fsp3) is 0.432. The van der Waals surface area contributed by atoms with Gasteiger partial charge in [-0.2, -0.15) is 0 Å². The maximum Gasteiger partial charge on any atom is 0.338 e. The van der Waals surface area contributed by atoms with E-state index in [1.54, 1.807) is 81.2 Å². The third-order valence-corrected chi connectivity index (χ3v) is 22.0. The summed E-state index contributed by atoms with van der Waals surface area (Å²) in [5.74, 6) is -15.4. The molecule has 3 aromatic carbocycles.